The van der Waals surface area contributed by atoms with Gasteiger partial charge in [0.25, 0.3) is 0 Å². The van der Waals surface area contributed by atoms with E-state index in [1.807, 2.05) is 26.0 Å². The van der Waals surface area contributed by atoms with E-state index < -0.39 is 0 Å². The first-order valence-electron chi connectivity index (χ1n) is 7.02. The van der Waals surface area contributed by atoms with E-state index in [2.05, 4.69) is 11.9 Å². The summed E-state index contributed by atoms with van der Waals surface area (Å²) in [6, 6.07) is 0.344. The first-order chi connectivity index (χ1) is 9.58. The van der Waals surface area contributed by atoms with E-state index in [9.17, 15) is 4.79 Å². The molecule has 0 radical (unpaired) electrons. The average Bonchev–Trinajstić information content (AvgIpc) is 2.45. The minimum Gasteiger partial charge on any atom is -0.450 e. The SMILES string of the molecule is C=C/C=C\C(N)=C(/C)NC1CCN(C(=O)OCC)CC1. The van der Waals surface area contributed by atoms with Gasteiger partial charge in [-0.05, 0) is 32.8 Å². The number of carbonyl (C=O) groups excluding carboxylic acids is 1. The predicted molar refractivity (Wildman–Crippen MR) is 81.0 cm³/mol. The Morgan fingerprint density at radius 2 is 2.15 bits per heavy atom. The number of likely N-dealkylation sites (tertiary alicyclic amines) is 1. The van der Waals surface area contributed by atoms with Gasteiger partial charge in [-0.25, -0.2) is 4.79 Å². The minimum absolute atomic E-state index is 0.216. The summed E-state index contributed by atoms with van der Waals surface area (Å²) < 4.78 is 5.00. The molecule has 20 heavy (non-hydrogen) atoms. The fraction of sp³-hybridized carbons (Fsp3) is 0.533. The van der Waals surface area contributed by atoms with Gasteiger partial charge < -0.3 is 20.7 Å². The summed E-state index contributed by atoms with van der Waals surface area (Å²) in [5.41, 5.74) is 7.60. The fourth-order valence-electron chi connectivity index (χ4n) is 2.11. The molecular formula is C15H25N3O2. The Hall–Kier alpha value is -1.91. The van der Waals surface area contributed by atoms with E-state index >= 15 is 0 Å². The Morgan fingerprint density at radius 1 is 1.50 bits per heavy atom. The van der Waals surface area contributed by atoms with Crippen LogP contribution in [0.15, 0.2) is 36.2 Å². The van der Waals surface area contributed by atoms with E-state index in [1.165, 1.54) is 0 Å². The molecule has 0 aromatic heterocycles. The summed E-state index contributed by atoms with van der Waals surface area (Å²) in [6.07, 6.45) is 6.90. The zero-order valence-corrected chi connectivity index (χ0v) is 12.4. The number of ether oxygens (including phenoxy) is 1. The molecule has 0 aromatic rings. The van der Waals surface area contributed by atoms with Gasteiger partial charge in [-0.3, -0.25) is 0 Å². The molecule has 0 bridgehead atoms. The highest BCUT2D eigenvalue weighted by molar-refractivity contribution is 5.67. The van der Waals surface area contributed by atoms with Gasteiger partial charge in [0.15, 0.2) is 0 Å². The second-order valence-corrected chi connectivity index (χ2v) is 4.78. The van der Waals surface area contributed by atoms with Crippen LogP contribution in [-0.4, -0.2) is 36.7 Å². The van der Waals surface area contributed by atoms with Crippen LogP contribution >= 0.6 is 0 Å². The van der Waals surface area contributed by atoms with Gasteiger partial charge in [0.2, 0.25) is 0 Å². The van der Waals surface area contributed by atoms with Crippen LogP contribution in [0.3, 0.4) is 0 Å². The molecule has 112 valence electrons. The topological polar surface area (TPSA) is 67.6 Å². The number of hydrogen-bond donors (Lipinski definition) is 2. The third kappa shape index (κ3) is 4.99. The van der Waals surface area contributed by atoms with Crippen LogP contribution in [0, 0.1) is 0 Å². The second kappa shape index (κ2) is 8.30. The number of hydrogen-bond acceptors (Lipinski definition) is 4. The molecule has 1 aliphatic heterocycles. The molecule has 1 rings (SSSR count). The van der Waals surface area contributed by atoms with Crippen molar-refractivity contribution in [2.75, 3.05) is 19.7 Å². The van der Waals surface area contributed by atoms with Crippen molar-refractivity contribution in [2.45, 2.75) is 32.7 Å². The molecule has 1 fully saturated rings. The first kappa shape index (κ1) is 16.1. The lowest BCUT2D eigenvalue weighted by Gasteiger charge is -2.32. The van der Waals surface area contributed by atoms with Gasteiger partial charge in [0, 0.05) is 24.8 Å². The standard InChI is InChI=1S/C15H25N3O2/c1-4-6-7-14(16)12(3)17-13-8-10-18(11-9-13)15(19)20-5-2/h4,6-7,13,17H,1,5,8-11,16H2,2-3H3/b7-6-,14-12-. The van der Waals surface area contributed by atoms with Gasteiger partial charge in [0.1, 0.15) is 0 Å². The molecule has 0 unspecified atom stereocenters. The molecule has 0 aromatic carbocycles. The highest BCUT2D eigenvalue weighted by Crippen LogP contribution is 2.13. The molecule has 5 heteroatoms. The van der Waals surface area contributed by atoms with Gasteiger partial charge in [-0.15, -0.1) is 0 Å². The fourth-order valence-corrected chi connectivity index (χ4v) is 2.11. The van der Waals surface area contributed by atoms with Crippen molar-refractivity contribution in [2.24, 2.45) is 5.73 Å². The molecule has 0 saturated carbocycles. The third-order valence-corrected chi connectivity index (χ3v) is 3.29. The Labute approximate surface area is 121 Å². The number of rotatable bonds is 5. The van der Waals surface area contributed by atoms with E-state index in [-0.39, 0.29) is 6.09 Å². The molecule has 0 aliphatic carbocycles. The molecule has 1 amide bonds. The van der Waals surface area contributed by atoms with Crippen LogP contribution in [0.1, 0.15) is 26.7 Å². The van der Waals surface area contributed by atoms with E-state index in [0.717, 1.165) is 18.5 Å². The third-order valence-electron chi connectivity index (χ3n) is 3.29. The first-order valence-corrected chi connectivity index (χ1v) is 7.02. The molecule has 5 nitrogen and oxygen atoms in total. The number of nitrogens with two attached hydrogens (primary N) is 1. The van der Waals surface area contributed by atoms with Crippen molar-refractivity contribution >= 4 is 6.09 Å². The largest absolute Gasteiger partial charge is 0.450 e. The normalized spacial score (nSPS) is 17.8. The Balaban J connectivity index is 2.44. The van der Waals surface area contributed by atoms with Crippen LogP contribution in [0.5, 0.6) is 0 Å². The number of amides is 1. The van der Waals surface area contributed by atoms with Crippen molar-refractivity contribution in [1.29, 1.82) is 0 Å². The Bertz CT molecular complexity index is 394. The summed E-state index contributed by atoms with van der Waals surface area (Å²) >= 11 is 0. The molecule has 1 heterocycles. The van der Waals surface area contributed by atoms with Gasteiger partial charge in [-0.1, -0.05) is 18.7 Å². The predicted octanol–water partition coefficient (Wildman–Crippen LogP) is 2.13. The summed E-state index contributed by atoms with van der Waals surface area (Å²) in [5.74, 6) is 0. The van der Waals surface area contributed by atoms with Gasteiger partial charge >= 0.3 is 6.09 Å². The average molecular weight is 279 g/mol. The van der Waals surface area contributed by atoms with Crippen molar-refractivity contribution in [1.82, 2.24) is 10.2 Å². The van der Waals surface area contributed by atoms with E-state index in [0.29, 0.717) is 31.4 Å². The smallest absolute Gasteiger partial charge is 0.409 e. The lowest BCUT2D eigenvalue weighted by molar-refractivity contribution is 0.0958. The number of allylic oxidation sites excluding steroid dienone is 4. The van der Waals surface area contributed by atoms with Crippen molar-refractivity contribution in [3.05, 3.63) is 36.2 Å². The molecule has 1 saturated heterocycles. The van der Waals surface area contributed by atoms with E-state index in [1.54, 1.807) is 11.0 Å². The summed E-state index contributed by atoms with van der Waals surface area (Å²) in [5, 5.41) is 3.41. The van der Waals surface area contributed by atoms with Crippen LogP contribution in [0.25, 0.3) is 0 Å². The number of nitrogens with zero attached hydrogens (tertiary/aromatic N) is 1. The van der Waals surface area contributed by atoms with E-state index in [4.69, 9.17) is 10.5 Å². The number of piperidine rings is 1. The number of carbonyl (C=O) groups is 1. The lowest BCUT2D eigenvalue weighted by atomic mass is 10.0. The highest BCUT2D eigenvalue weighted by atomic mass is 16.6. The van der Waals surface area contributed by atoms with Crippen LogP contribution in [0.4, 0.5) is 4.79 Å². The Kier molecular flexibility index (Phi) is 6.70. The number of nitrogens with one attached hydrogen (secondary N) is 1. The van der Waals surface area contributed by atoms with Crippen molar-refractivity contribution < 1.29 is 9.53 Å². The molecule has 3 N–H and O–H groups in total. The van der Waals surface area contributed by atoms with Crippen LogP contribution in [-0.2, 0) is 4.74 Å². The monoisotopic (exact) mass is 279 g/mol. The molecular weight excluding hydrogens is 254 g/mol. The minimum atomic E-state index is -0.216. The molecule has 0 atom stereocenters. The lowest BCUT2D eigenvalue weighted by Crippen LogP contribution is -2.44. The zero-order chi connectivity index (χ0) is 15.0. The molecule has 1 aliphatic rings. The zero-order valence-electron chi connectivity index (χ0n) is 12.4. The van der Waals surface area contributed by atoms with Crippen LogP contribution < -0.4 is 11.1 Å². The Morgan fingerprint density at radius 3 is 2.70 bits per heavy atom. The van der Waals surface area contributed by atoms with Crippen LogP contribution in [0.2, 0.25) is 0 Å². The van der Waals surface area contributed by atoms with Crippen molar-refractivity contribution in [3.8, 4) is 0 Å². The highest BCUT2D eigenvalue weighted by Gasteiger charge is 2.23. The summed E-state index contributed by atoms with van der Waals surface area (Å²) in [4.78, 5) is 13.3. The molecule has 0 spiro atoms. The maximum Gasteiger partial charge on any atom is 0.409 e. The van der Waals surface area contributed by atoms with Crippen molar-refractivity contribution in [3.63, 3.8) is 0 Å². The maximum absolute atomic E-state index is 11.6. The summed E-state index contributed by atoms with van der Waals surface area (Å²) in [7, 11) is 0. The maximum atomic E-state index is 11.6. The van der Waals surface area contributed by atoms with Gasteiger partial charge in [0.05, 0.1) is 12.3 Å². The quantitative estimate of drug-likeness (QED) is 0.757. The summed E-state index contributed by atoms with van der Waals surface area (Å²) in [6.45, 7) is 9.24. The second-order valence-electron chi connectivity index (χ2n) is 4.78. The van der Waals surface area contributed by atoms with Gasteiger partial charge in [-0.2, -0.15) is 0 Å².